The number of benzene rings is 3. The second-order valence-corrected chi connectivity index (χ2v) is 6.28. The summed E-state index contributed by atoms with van der Waals surface area (Å²) in [4.78, 5) is 12.1. The summed E-state index contributed by atoms with van der Waals surface area (Å²) in [5.74, 6) is 0.570. The molecule has 0 spiro atoms. The molecule has 0 heterocycles. The zero-order valence-electron chi connectivity index (χ0n) is 14.1. The van der Waals surface area contributed by atoms with Crippen molar-refractivity contribution in [2.24, 2.45) is 0 Å². The minimum atomic E-state index is -0.491. The first-order chi connectivity index (χ1) is 12.5. The Morgan fingerprint density at radius 1 is 1.04 bits per heavy atom. The molecule has 3 aromatic rings. The van der Waals surface area contributed by atoms with Crippen molar-refractivity contribution in [1.82, 2.24) is 0 Å². The Hall–Kier alpha value is -2.85. The first-order valence-electron chi connectivity index (χ1n) is 8.08. The van der Waals surface area contributed by atoms with Crippen LogP contribution in [0.15, 0.2) is 66.7 Å². The van der Waals surface area contributed by atoms with Crippen molar-refractivity contribution in [2.45, 2.75) is 13.3 Å². The number of carbonyl (C=O) groups excluding carboxylic acids is 1. The molecule has 0 fully saturated rings. The maximum Gasteiger partial charge on any atom is 0.228 e. The molecule has 0 saturated carbocycles. The van der Waals surface area contributed by atoms with Gasteiger partial charge in [0.1, 0.15) is 17.3 Å². The third kappa shape index (κ3) is 4.61. The van der Waals surface area contributed by atoms with Crippen molar-refractivity contribution in [2.75, 3.05) is 5.32 Å². The second kappa shape index (κ2) is 8.02. The molecule has 1 amide bonds. The van der Waals surface area contributed by atoms with Gasteiger partial charge < -0.3 is 10.1 Å². The van der Waals surface area contributed by atoms with Gasteiger partial charge in [-0.15, -0.1) is 0 Å². The van der Waals surface area contributed by atoms with Crippen molar-refractivity contribution in [3.8, 4) is 11.5 Å². The summed E-state index contributed by atoms with van der Waals surface area (Å²) in [7, 11) is 0. The van der Waals surface area contributed by atoms with E-state index in [4.69, 9.17) is 16.3 Å². The number of hydrogen-bond acceptors (Lipinski definition) is 2. The molecule has 5 heteroatoms. The Morgan fingerprint density at radius 3 is 2.46 bits per heavy atom. The van der Waals surface area contributed by atoms with Crippen LogP contribution in [0.25, 0.3) is 0 Å². The molecule has 3 rings (SSSR count). The second-order valence-electron chi connectivity index (χ2n) is 5.87. The lowest BCUT2D eigenvalue weighted by molar-refractivity contribution is -0.115. The van der Waals surface area contributed by atoms with Gasteiger partial charge in [0.15, 0.2) is 0 Å². The van der Waals surface area contributed by atoms with Gasteiger partial charge in [-0.2, -0.15) is 0 Å². The number of nitrogens with one attached hydrogen (secondary N) is 1. The quantitative estimate of drug-likeness (QED) is 0.620. The van der Waals surface area contributed by atoms with Crippen molar-refractivity contribution in [3.05, 3.63) is 88.7 Å². The third-order valence-corrected chi connectivity index (χ3v) is 4.12. The van der Waals surface area contributed by atoms with Gasteiger partial charge in [-0.25, -0.2) is 4.39 Å². The number of anilines is 1. The molecular formula is C21H17ClFNO2. The minimum Gasteiger partial charge on any atom is -0.457 e. The van der Waals surface area contributed by atoms with Crippen LogP contribution in [0, 0.1) is 12.7 Å². The molecule has 3 nitrogen and oxygen atoms in total. The SMILES string of the molecule is Cc1cccc(Oc2ccc(NC(=O)Cc3c(F)cccc3Cl)cc2)c1. The lowest BCUT2D eigenvalue weighted by Crippen LogP contribution is -2.15. The average molecular weight is 370 g/mol. The fraction of sp³-hybridized carbons (Fsp3) is 0.0952. The van der Waals surface area contributed by atoms with E-state index < -0.39 is 5.82 Å². The van der Waals surface area contributed by atoms with Gasteiger partial charge in [0.25, 0.3) is 0 Å². The Balaban J connectivity index is 1.63. The molecule has 0 aromatic heterocycles. The summed E-state index contributed by atoms with van der Waals surface area (Å²) in [6, 6.07) is 19.1. The van der Waals surface area contributed by atoms with Gasteiger partial charge in [0, 0.05) is 16.3 Å². The highest BCUT2D eigenvalue weighted by molar-refractivity contribution is 6.31. The molecule has 1 N–H and O–H groups in total. The van der Waals surface area contributed by atoms with Crippen molar-refractivity contribution < 1.29 is 13.9 Å². The van der Waals surface area contributed by atoms with Crippen LogP contribution < -0.4 is 10.1 Å². The fourth-order valence-corrected chi connectivity index (χ4v) is 2.72. The van der Waals surface area contributed by atoms with E-state index in [0.29, 0.717) is 11.4 Å². The van der Waals surface area contributed by atoms with Crippen LogP contribution in [-0.4, -0.2) is 5.91 Å². The topological polar surface area (TPSA) is 38.3 Å². The maximum atomic E-state index is 13.8. The van der Waals surface area contributed by atoms with Crippen LogP contribution in [0.4, 0.5) is 10.1 Å². The van der Waals surface area contributed by atoms with Crippen molar-refractivity contribution >= 4 is 23.2 Å². The summed E-state index contributed by atoms with van der Waals surface area (Å²) < 4.78 is 19.5. The number of halogens is 2. The van der Waals surface area contributed by atoms with Gasteiger partial charge in [-0.3, -0.25) is 4.79 Å². The smallest absolute Gasteiger partial charge is 0.228 e. The van der Waals surface area contributed by atoms with Crippen LogP contribution in [0.5, 0.6) is 11.5 Å². The molecule has 0 atom stereocenters. The number of carbonyl (C=O) groups is 1. The maximum absolute atomic E-state index is 13.8. The average Bonchev–Trinajstić information content (AvgIpc) is 2.60. The molecule has 0 aliphatic rings. The highest BCUT2D eigenvalue weighted by atomic mass is 35.5. The van der Waals surface area contributed by atoms with E-state index in [1.807, 2.05) is 31.2 Å². The summed E-state index contributed by atoms with van der Waals surface area (Å²) in [5, 5.41) is 2.96. The Kier molecular flexibility index (Phi) is 5.54. The molecule has 26 heavy (non-hydrogen) atoms. The molecular weight excluding hydrogens is 353 g/mol. The lowest BCUT2D eigenvalue weighted by Gasteiger charge is -2.09. The number of aryl methyl sites for hydroxylation is 1. The van der Waals surface area contributed by atoms with E-state index in [0.717, 1.165) is 11.3 Å². The first-order valence-corrected chi connectivity index (χ1v) is 8.46. The van der Waals surface area contributed by atoms with E-state index in [1.54, 1.807) is 30.3 Å². The predicted octanol–water partition coefficient (Wildman–Crippen LogP) is 5.76. The molecule has 0 radical (unpaired) electrons. The van der Waals surface area contributed by atoms with Crippen LogP contribution in [0.1, 0.15) is 11.1 Å². The summed E-state index contributed by atoms with van der Waals surface area (Å²) in [5.41, 5.74) is 1.89. The predicted molar refractivity (Wildman–Crippen MR) is 101 cm³/mol. The van der Waals surface area contributed by atoms with E-state index >= 15 is 0 Å². The molecule has 0 aliphatic heterocycles. The highest BCUT2D eigenvalue weighted by Crippen LogP contribution is 2.24. The summed E-state index contributed by atoms with van der Waals surface area (Å²) in [6.07, 6.45) is -0.132. The minimum absolute atomic E-state index is 0.132. The normalized spacial score (nSPS) is 10.4. The van der Waals surface area contributed by atoms with Gasteiger partial charge in [-0.1, -0.05) is 29.8 Å². The number of ether oxygens (including phenoxy) is 1. The summed E-state index contributed by atoms with van der Waals surface area (Å²) in [6.45, 7) is 1.99. The van der Waals surface area contributed by atoms with E-state index in [9.17, 15) is 9.18 Å². The lowest BCUT2D eigenvalue weighted by atomic mass is 10.1. The highest BCUT2D eigenvalue weighted by Gasteiger charge is 2.12. The van der Waals surface area contributed by atoms with Gasteiger partial charge in [0.05, 0.1) is 6.42 Å². The Morgan fingerprint density at radius 2 is 1.77 bits per heavy atom. The number of rotatable bonds is 5. The van der Waals surface area contributed by atoms with Gasteiger partial charge >= 0.3 is 0 Å². The standard InChI is InChI=1S/C21H17ClFNO2/c1-14-4-2-5-17(12-14)26-16-10-8-15(9-11-16)24-21(25)13-18-19(22)6-3-7-20(18)23/h2-12H,13H2,1H3,(H,24,25). The van der Waals surface area contributed by atoms with Crippen LogP contribution in [0.2, 0.25) is 5.02 Å². The van der Waals surface area contributed by atoms with E-state index in [-0.39, 0.29) is 22.9 Å². The van der Waals surface area contributed by atoms with Crippen LogP contribution in [0.3, 0.4) is 0 Å². The molecule has 0 unspecified atom stereocenters. The molecule has 0 bridgehead atoms. The van der Waals surface area contributed by atoms with E-state index in [1.165, 1.54) is 12.1 Å². The zero-order chi connectivity index (χ0) is 18.5. The molecule has 132 valence electrons. The molecule has 3 aromatic carbocycles. The van der Waals surface area contributed by atoms with Crippen LogP contribution in [-0.2, 0) is 11.2 Å². The van der Waals surface area contributed by atoms with Crippen LogP contribution >= 0.6 is 11.6 Å². The van der Waals surface area contributed by atoms with Crippen molar-refractivity contribution in [3.63, 3.8) is 0 Å². The first kappa shape index (κ1) is 18.0. The number of amides is 1. The largest absolute Gasteiger partial charge is 0.457 e. The van der Waals surface area contributed by atoms with E-state index in [2.05, 4.69) is 5.32 Å². The Bertz CT molecular complexity index is 905. The Labute approximate surface area is 156 Å². The zero-order valence-corrected chi connectivity index (χ0v) is 14.9. The number of hydrogen-bond donors (Lipinski definition) is 1. The molecule has 0 aliphatic carbocycles. The van der Waals surface area contributed by atoms with Gasteiger partial charge in [-0.05, 0) is 61.0 Å². The van der Waals surface area contributed by atoms with Gasteiger partial charge in [0.2, 0.25) is 5.91 Å². The third-order valence-electron chi connectivity index (χ3n) is 3.76. The van der Waals surface area contributed by atoms with Crippen molar-refractivity contribution in [1.29, 1.82) is 0 Å². The summed E-state index contributed by atoms with van der Waals surface area (Å²) >= 11 is 5.95. The fourth-order valence-electron chi connectivity index (χ4n) is 2.49. The molecule has 0 saturated heterocycles. The monoisotopic (exact) mass is 369 g/mol.